The third kappa shape index (κ3) is 7.02. The molecule has 6 nitrogen and oxygen atoms in total. The van der Waals surface area contributed by atoms with Crippen LogP contribution in [0.1, 0.15) is 17.8 Å². The number of aryl methyl sites for hydroxylation is 2. The summed E-state index contributed by atoms with van der Waals surface area (Å²) in [6.45, 7) is 6.91. The Morgan fingerprint density at radius 1 is 1.19 bits per heavy atom. The maximum Gasteiger partial charge on any atom is 0.234 e. The number of thioether (sulfide) groups is 1. The van der Waals surface area contributed by atoms with E-state index in [0.717, 1.165) is 23.6 Å². The van der Waals surface area contributed by atoms with E-state index in [2.05, 4.69) is 22.1 Å². The van der Waals surface area contributed by atoms with Crippen molar-refractivity contribution >= 4 is 46.6 Å². The molecule has 0 spiro atoms. The summed E-state index contributed by atoms with van der Waals surface area (Å²) in [5.41, 5.74) is 1.70. The Bertz CT molecular complexity index is 1070. The number of amides is 1. The Hall–Kier alpha value is -2.48. The first-order valence-corrected chi connectivity index (χ1v) is 11.8. The summed E-state index contributed by atoms with van der Waals surface area (Å²) in [7, 11) is 0. The number of nitrogens with one attached hydrogen (secondary N) is 1. The second kappa shape index (κ2) is 11.9. The summed E-state index contributed by atoms with van der Waals surface area (Å²) in [4.78, 5) is 12.3. The van der Waals surface area contributed by atoms with E-state index < -0.39 is 0 Å². The van der Waals surface area contributed by atoms with Crippen LogP contribution in [0.25, 0.3) is 0 Å². The number of allylic oxidation sites excluding steroid dienone is 1. The van der Waals surface area contributed by atoms with Gasteiger partial charge in [-0.15, -0.1) is 16.8 Å². The zero-order chi connectivity index (χ0) is 22.9. The molecule has 0 aliphatic heterocycles. The van der Waals surface area contributed by atoms with Gasteiger partial charge < -0.3 is 14.6 Å². The average molecular weight is 491 g/mol. The number of carbonyl (C=O) groups excluding carboxylic acids is 1. The van der Waals surface area contributed by atoms with Crippen molar-refractivity contribution in [2.24, 2.45) is 0 Å². The number of halogens is 2. The van der Waals surface area contributed by atoms with Crippen molar-refractivity contribution in [1.29, 1.82) is 0 Å². The molecule has 3 rings (SSSR count). The Balaban J connectivity index is 1.52. The third-order valence-electron chi connectivity index (χ3n) is 4.50. The van der Waals surface area contributed by atoms with Gasteiger partial charge in [-0.1, -0.05) is 41.0 Å². The molecule has 0 unspecified atom stereocenters. The zero-order valence-electron chi connectivity index (χ0n) is 17.7. The summed E-state index contributed by atoms with van der Waals surface area (Å²) >= 11 is 13.2. The molecule has 9 heteroatoms. The molecule has 32 heavy (non-hydrogen) atoms. The van der Waals surface area contributed by atoms with Crippen LogP contribution in [0.3, 0.4) is 0 Å². The van der Waals surface area contributed by atoms with Gasteiger partial charge in [-0.25, -0.2) is 0 Å². The highest BCUT2D eigenvalue weighted by atomic mass is 35.5. The number of ether oxygens (including phenoxy) is 1. The molecule has 1 N–H and O–H groups in total. The number of nitrogens with zero attached hydrogens (tertiary/aromatic N) is 3. The van der Waals surface area contributed by atoms with Gasteiger partial charge in [-0.2, -0.15) is 0 Å². The largest absolute Gasteiger partial charge is 0.493 e. The number of benzene rings is 2. The number of aromatic nitrogens is 3. The minimum Gasteiger partial charge on any atom is -0.493 e. The van der Waals surface area contributed by atoms with Crippen LogP contribution in [-0.2, 0) is 17.8 Å². The van der Waals surface area contributed by atoms with E-state index in [9.17, 15) is 4.79 Å². The quantitative estimate of drug-likeness (QED) is 0.208. The van der Waals surface area contributed by atoms with Crippen LogP contribution in [0, 0.1) is 6.92 Å². The van der Waals surface area contributed by atoms with E-state index in [4.69, 9.17) is 27.9 Å². The highest BCUT2D eigenvalue weighted by molar-refractivity contribution is 7.99. The molecule has 0 bridgehead atoms. The molecular formula is C23H24Cl2N4O2S. The Morgan fingerprint density at radius 2 is 1.94 bits per heavy atom. The minimum absolute atomic E-state index is 0.126. The summed E-state index contributed by atoms with van der Waals surface area (Å²) in [6.07, 6.45) is 3.27. The van der Waals surface area contributed by atoms with Crippen molar-refractivity contribution in [3.63, 3.8) is 0 Å². The maximum absolute atomic E-state index is 12.3. The number of hydrogen-bond acceptors (Lipinski definition) is 5. The lowest BCUT2D eigenvalue weighted by molar-refractivity contribution is -0.113. The highest BCUT2D eigenvalue weighted by Crippen LogP contribution is 2.23. The molecule has 0 aliphatic carbocycles. The molecule has 0 atom stereocenters. The Labute approximate surface area is 202 Å². The number of hydrogen-bond donors (Lipinski definition) is 1. The van der Waals surface area contributed by atoms with Crippen LogP contribution >= 0.6 is 35.0 Å². The standard InChI is InChI=1S/C23H24Cl2N4O2S/c1-3-12-29-21(5-4-13-31-20-11-8-18(25)14-16(20)2)27-28-23(29)32-15-22(30)26-19-9-6-17(24)7-10-19/h3,6-11,14H,1,4-5,12-13,15H2,2H3,(H,26,30). The first-order valence-electron chi connectivity index (χ1n) is 10.1. The first-order chi connectivity index (χ1) is 15.5. The molecule has 1 amide bonds. The van der Waals surface area contributed by atoms with E-state index in [1.807, 2.05) is 29.7 Å². The molecule has 0 saturated carbocycles. The Morgan fingerprint density at radius 3 is 2.66 bits per heavy atom. The van der Waals surface area contributed by atoms with Crippen LogP contribution in [0.4, 0.5) is 5.69 Å². The van der Waals surface area contributed by atoms with Crippen LogP contribution < -0.4 is 10.1 Å². The van der Waals surface area contributed by atoms with Crippen molar-refractivity contribution in [2.45, 2.75) is 31.5 Å². The van der Waals surface area contributed by atoms with E-state index >= 15 is 0 Å². The monoisotopic (exact) mass is 490 g/mol. The van der Waals surface area contributed by atoms with E-state index in [1.165, 1.54) is 11.8 Å². The number of carbonyl (C=O) groups is 1. The second-order valence-corrected chi connectivity index (χ2v) is 8.82. The van der Waals surface area contributed by atoms with Gasteiger partial charge in [0, 0.05) is 28.7 Å². The smallest absolute Gasteiger partial charge is 0.234 e. The molecule has 0 radical (unpaired) electrons. The number of anilines is 1. The van der Waals surface area contributed by atoms with Crippen molar-refractivity contribution in [3.05, 3.63) is 76.6 Å². The predicted octanol–water partition coefficient (Wildman–Crippen LogP) is 5.82. The highest BCUT2D eigenvalue weighted by Gasteiger charge is 2.14. The van der Waals surface area contributed by atoms with Gasteiger partial charge in [0.1, 0.15) is 11.6 Å². The molecule has 1 aromatic heterocycles. The first kappa shape index (κ1) is 24.2. The average Bonchev–Trinajstić information content (AvgIpc) is 3.14. The number of rotatable bonds is 11. The van der Waals surface area contributed by atoms with Crippen molar-refractivity contribution < 1.29 is 9.53 Å². The molecule has 2 aromatic carbocycles. The van der Waals surface area contributed by atoms with Crippen LogP contribution in [0.5, 0.6) is 5.75 Å². The van der Waals surface area contributed by atoms with Crippen LogP contribution in [-0.4, -0.2) is 33.0 Å². The van der Waals surface area contributed by atoms with Gasteiger partial charge in [0.2, 0.25) is 5.91 Å². The van der Waals surface area contributed by atoms with Gasteiger partial charge in [-0.3, -0.25) is 4.79 Å². The van der Waals surface area contributed by atoms with Gasteiger partial charge in [0.15, 0.2) is 5.16 Å². The second-order valence-electron chi connectivity index (χ2n) is 7.00. The van der Waals surface area contributed by atoms with Crippen LogP contribution in [0.15, 0.2) is 60.3 Å². The fourth-order valence-corrected chi connectivity index (χ4v) is 4.09. The fraction of sp³-hybridized carbons (Fsp3) is 0.261. The topological polar surface area (TPSA) is 69.0 Å². The lowest BCUT2D eigenvalue weighted by atomic mass is 10.2. The lowest BCUT2D eigenvalue weighted by Gasteiger charge is -2.10. The van der Waals surface area contributed by atoms with Crippen molar-refractivity contribution in [1.82, 2.24) is 14.8 Å². The van der Waals surface area contributed by atoms with E-state index in [-0.39, 0.29) is 11.7 Å². The SMILES string of the molecule is C=CCn1c(CCCOc2ccc(Cl)cc2C)nnc1SCC(=O)Nc1ccc(Cl)cc1. The van der Waals surface area contributed by atoms with Crippen LogP contribution in [0.2, 0.25) is 10.0 Å². The maximum atomic E-state index is 12.3. The third-order valence-corrected chi connectivity index (χ3v) is 5.96. The Kier molecular flexibility index (Phi) is 9.02. The van der Waals surface area contributed by atoms with Crippen molar-refractivity contribution in [3.8, 4) is 5.75 Å². The summed E-state index contributed by atoms with van der Waals surface area (Å²) < 4.78 is 7.83. The van der Waals surface area contributed by atoms with Gasteiger partial charge >= 0.3 is 0 Å². The van der Waals surface area contributed by atoms with Gasteiger partial charge in [0.05, 0.1) is 12.4 Å². The minimum atomic E-state index is -0.126. The van der Waals surface area contributed by atoms with E-state index in [1.54, 1.807) is 30.3 Å². The normalized spacial score (nSPS) is 10.7. The molecular weight excluding hydrogens is 467 g/mol. The molecule has 168 valence electrons. The van der Waals surface area contributed by atoms with Crippen molar-refractivity contribution in [2.75, 3.05) is 17.7 Å². The molecule has 3 aromatic rings. The van der Waals surface area contributed by atoms with E-state index in [0.29, 0.717) is 40.5 Å². The van der Waals surface area contributed by atoms with Gasteiger partial charge in [-0.05, 0) is 61.4 Å². The summed E-state index contributed by atoms with van der Waals surface area (Å²) in [5, 5.41) is 13.4. The van der Waals surface area contributed by atoms with Gasteiger partial charge in [0.25, 0.3) is 0 Å². The zero-order valence-corrected chi connectivity index (χ0v) is 20.0. The summed E-state index contributed by atoms with van der Waals surface area (Å²) in [5.74, 6) is 1.75. The lowest BCUT2D eigenvalue weighted by Crippen LogP contribution is -2.14. The summed E-state index contributed by atoms with van der Waals surface area (Å²) in [6, 6.07) is 12.6. The molecule has 0 saturated heterocycles. The fourth-order valence-electron chi connectivity index (χ4n) is 2.97. The predicted molar refractivity (Wildman–Crippen MR) is 131 cm³/mol. The molecule has 0 aliphatic rings. The molecule has 1 heterocycles. The molecule has 0 fully saturated rings.